The average Bonchev–Trinajstić information content (AvgIpc) is 3.38. The lowest BCUT2D eigenvalue weighted by atomic mass is 9.92. The molecule has 0 spiro atoms. The van der Waals surface area contributed by atoms with Crippen molar-refractivity contribution in [1.29, 1.82) is 0 Å². The van der Waals surface area contributed by atoms with Crippen molar-refractivity contribution in [3.05, 3.63) is 63.8 Å². The number of rotatable bonds is 5. The van der Waals surface area contributed by atoms with E-state index < -0.39 is 6.09 Å². The number of amides is 1. The number of hydrogen-bond donors (Lipinski definition) is 3. The molecular weight excluding hydrogens is 400 g/mol. The summed E-state index contributed by atoms with van der Waals surface area (Å²) in [5.74, 6) is 0.739. The fraction of sp³-hybridized carbons (Fsp3) is 0.217. The van der Waals surface area contributed by atoms with Gasteiger partial charge in [0.25, 0.3) is 5.56 Å². The topological polar surface area (TPSA) is 91.4 Å². The molecule has 2 heterocycles. The summed E-state index contributed by atoms with van der Waals surface area (Å²) >= 11 is 1.43. The van der Waals surface area contributed by atoms with Gasteiger partial charge in [-0.05, 0) is 47.5 Å². The van der Waals surface area contributed by atoms with Crippen LogP contribution in [0.2, 0.25) is 0 Å². The van der Waals surface area contributed by atoms with Gasteiger partial charge in [-0.15, -0.1) is 11.3 Å². The van der Waals surface area contributed by atoms with Crippen LogP contribution in [0.15, 0.2) is 52.6 Å². The first-order chi connectivity index (χ1) is 14.5. The Morgan fingerprint density at radius 1 is 1.20 bits per heavy atom. The zero-order valence-corrected chi connectivity index (χ0v) is 17.1. The van der Waals surface area contributed by atoms with Crippen LogP contribution in [-0.2, 0) is 5.41 Å². The second kappa shape index (κ2) is 6.88. The van der Waals surface area contributed by atoms with Crippen LogP contribution in [0.3, 0.4) is 0 Å². The van der Waals surface area contributed by atoms with E-state index in [0.717, 1.165) is 51.6 Å². The summed E-state index contributed by atoms with van der Waals surface area (Å²) in [4.78, 5) is 26.3. The van der Waals surface area contributed by atoms with Gasteiger partial charge < -0.3 is 20.1 Å². The largest absolute Gasteiger partial charge is 0.496 e. The highest BCUT2D eigenvalue weighted by Gasteiger charge is 2.44. The van der Waals surface area contributed by atoms with Crippen LogP contribution >= 0.6 is 11.3 Å². The molecule has 6 nitrogen and oxygen atoms in total. The van der Waals surface area contributed by atoms with E-state index in [9.17, 15) is 9.59 Å². The second-order valence-electron chi connectivity index (χ2n) is 7.70. The molecule has 0 unspecified atom stereocenters. The lowest BCUT2D eigenvalue weighted by Crippen LogP contribution is -2.30. The van der Waals surface area contributed by atoms with Gasteiger partial charge in [0.15, 0.2) is 0 Å². The summed E-state index contributed by atoms with van der Waals surface area (Å²) in [7, 11) is 1.65. The minimum Gasteiger partial charge on any atom is -0.496 e. The van der Waals surface area contributed by atoms with Crippen LogP contribution in [0.4, 0.5) is 4.79 Å². The van der Waals surface area contributed by atoms with Gasteiger partial charge in [-0.3, -0.25) is 4.79 Å². The van der Waals surface area contributed by atoms with Crippen LogP contribution in [0.5, 0.6) is 5.75 Å². The summed E-state index contributed by atoms with van der Waals surface area (Å²) in [6.07, 6.45) is 0.953. The number of carboxylic acid groups (broad SMARTS) is 1. The number of benzene rings is 2. The number of carbonyl (C=O) groups is 1. The Bertz CT molecular complexity index is 1330. The summed E-state index contributed by atoms with van der Waals surface area (Å²) in [6, 6.07) is 14.0. The summed E-state index contributed by atoms with van der Waals surface area (Å²) in [5.41, 5.74) is 3.65. The Kier molecular flexibility index (Phi) is 4.29. The number of ether oxygens (including phenoxy) is 1. The normalized spacial score (nSPS) is 14.7. The van der Waals surface area contributed by atoms with Crippen LogP contribution in [0.25, 0.3) is 32.1 Å². The molecule has 1 fully saturated rings. The summed E-state index contributed by atoms with van der Waals surface area (Å²) < 4.78 is 6.37. The maximum atomic E-state index is 12.4. The molecule has 0 saturated heterocycles. The predicted octanol–water partition coefficient (Wildman–Crippen LogP) is 4.72. The van der Waals surface area contributed by atoms with Gasteiger partial charge in [0, 0.05) is 33.8 Å². The number of nitrogens with one attached hydrogen (secondary N) is 2. The summed E-state index contributed by atoms with van der Waals surface area (Å²) in [6.45, 7) is 0.427. The molecule has 2 aromatic carbocycles. The first kappa shape index (κ1) is 18.7. The van der Waals surface area contributed by atoms with E-state index in [1.54, 1.807) is 7.11 Å². The first-order valence-corrected chi connectivity index (χ1v) is 10.6. The zero-order chi connectivity index (χ0) is 20.9. The molecule has 152 valence electrons. The third-order valence-corrected chi connectivity index (χ3v) is 6.91. The Morgan fingerprint density at radius 3 is 2.63 bits per heavy atom. The number of aromatic nitrogens is 1. The highest BCUT2D eigenvalue weighted by atomic mass is 32.1. The molecule has 0 radical (unpaired) electrons. The third-order valence-electron chi connectivity index (χ3n) is 5.99. The van der Waals surface area contributed by atoms with Gasteiger partial charge in [0.1, 0.15) is 10.4 Å². The van der Waals surface area contributed by atoms with Crippen molar-refractivity contribution in [3.63, 3.8) is 0 Å². The van der Waals surface area contributed by atoms with Gasteiger partial charge in [0.2, 0.25) is 0 Å². The van der Waals surface area contributed by atoms with Crippen molar-refractivity contribution in [1.82, 2.24) is 10.3 Å². The second-order valence-corrected chi connectivity index (χ2v) is 8.62. The predicted molar refractivity (Wildman–Crippen MR) is 119 cm³/mol. The number of methoxy groups -OCH3 is 1. The minimum atomic E-state index is -0.993. The van der Waals surface area contributed by atoms with Crippen molar-refractivity contribution >= 4 is 38.4 Å². The first-order valence-electron chi connectivity index (χ1n) is 9.70. The van der Waals surface area contributed by atoms with Crippen molar-refractivity contribution < 1.29 is 14.6 Å². The maximum absolute atomic E-state index is 12.4. The van der Waals surface area contributed by atoms with E-state index >= 15 is 0 Å². The number of H-pyrrole nitrogens is 1. The molecule has 1 saturated carbocycles. The molecule has 5 rings (SSSR count). The molecule has 1 amide bonds. The minimum absolute atomic E-state index is 0.0828. The van der Waals surface area contributed by atoms with Gasteiger partial charge >= 0.3 is 6.09 Å². The van der Waals surface area contributed by atoms with Crippen molar-refractivity contribution in [2.24, 2.45) is 0 Å². The molecule has 0 atom stereocenters. The molecule has 4 aromatic rings. The number of fused-ring (bicyclic) bond motifs is 3. The summed E-state index contributed by atoms with van der Waals surface area (Å²) in [5, 5.41) is 15.3. The van der Waals surface area contributed by atoms with E-state index in [0.29, 0.717) is 11.2 Å². The Labute approximate surface area is 176 Å². The van der Waals surface area contributed by atoms with Crippen LogP contribution in [-0.4, -0.2) is 29.8 Å². The van der Waals surface area contributed by atoms with Gasteiger partial charge in [-0.25, -0.2) is 4.79 Å². The van der Waals surface area contributed by atoms with E-state index in [4.69, 9.17) is 9.84 Å². The molecule has 30 heavy (non-hydrogen) atoms. The lowest BCUT2D eigenvalue weighted by Gasteiger charge is -2.17. The molecule has 1 aliphatic rings. The smallest absolute Gasteiger partial charge is 0.404 e. The monoisotopic (exact) mass is 420 g/mol. The number of pyridine rings is 1. The molecule has 0 bridgehead atoms. The quantitative estimate of drug-likeness (QED) is 0.436. The van der Waals surface area contributed by atoms with Crippen LogP contribution in [0, 0.1) is 0 Å². The average molecular weight is 420 g/mol. The van der Waals surface area contributed by atoms with E-state index in [1.165, 1.54) is 11.3 Å². The number of aromatic amines is 1. The molecular formula is C23H20N2O4S. The zero-order valence-electron chi connectivity index (χ0n) is 16.3. The fourth-order valence-electron chi connectivity index (χ4n) is 4.24. The van der Waals surface area contributed by atoms with Crippen molar-refractivity contribution in [3.8, 4) is 16.9 Å². The molecule has 7 heteroatoms. The highest BCUT2D eigenvalue weighted by Crippen LogP contribution is 2.48. The van der Waals surface area contributed by atoms with E-state index in [-0.39, 0.29) is 11.0 Å². The molecule has 2 aromatic heterocycles. The standard InChI is InChI=1S/C23H20N2O4S/c1-29-17-7-6-16-19(15-8-11-30-20(15)21(26)25-16)18(17)13-2-4-14(5-3-13)23(9-10-23)12-24-22(27)28/h2-8,11,24H,9-10,12H2,1H3,(H,25,26)(H,27,28). The lowest BCUT2D eigenvalue weighted by molar-refractivity contribution is 0.193. The SMILES string of the molecule is COc1ccc2[nH]c(=O)c3sccc3c2c1-c1ccc(C2(CNC(=O)O)CC2)cc1. The van der Waals surface area contributed by atoms with Gasteiger partial charge in [-0.1, -0.05) is 24.3 Å². The Hall–Kier alpha value is -3.32. The Morgan fingerprint density at radius 2 is 1.97 bits per heavy atom. The van der Waals surface area contributed by atoms with Crippen LogP contribution in [0.1, 0.15) is 18.4 Å². The number of thiophene rings is 1. The van der Waals surface area contributed by atoms with E-state index in [2.05, 4.69) is 34.6 Å². The molecule has 0 aliphatic heterocycles. The van der Waals surface area contributed by atoms with Crippen molar-refractivity contribution in [2.45, 2.75) is 18.3 Å². The fourth-order valence-corrected chi connectivity index (χ4v) is 5.03. The highest BCUT2D eigenvalue weighted by molar-refractivity contribution is 7.17. The third kappa shape index (κ3) is 2.93. The van der Waals surface area contributed by atoms with Crippen molar-refractivity contribution in [2.75, 3.05) is 13.7 Å². The molecule has 3 N–H and O–H groups in total. The van der Waals surface area contributed by atoms with Gasteiger partial charge in [-0.2, -0.15) is 0 Å². The van der Waals surface area contributed by atoms with Crippen LogP contribution < -0.4 is 15.6 Å². The molecule has 1 aliphatic carbocycles. The van der Waals surface area contributed by atoms with Gasteiger partial charge in [0.05, 0.1) is 7.11 Å². The van der Waals surface area contributed by atoms with E-state index in [1.807, 2.05) is 23.6 Å². The number of hydrogen-bond acceptors (Lipinski definition) is 4. The maximum Gasteiger partial charge on any atom is 0.404 e. The Balaban J connectivity index is 1.65.